The molecule has 0 saturated carbocycles. The number of thiocarbonyl (C=S) groups is 1. The van der Waals surface area contributed by atoms with E-state index in [1.165, 1.54) is 13.2 Å². The van der Waals surface area contributed by atoms with E-state index in [1.54, 1.807) is 18.2 Å². The molecule has 0 atom stereocenters. The van der Waals surface area contributed by atoms with Gasteiger partial charge in [0.25, 0.3) is 0 Å². The Hall–Kier alpha value is -2.12. The number of alkyl halides is 2. The molecule has 0 aliphatic heterocycles. The number of rotatable bonds is 6. The second kappa shape index (κ2) is 8.82. The van der Waals surface area contributed by atoms with Crippen LogP contribution in [0, 0.1) is 6.92 Å². The minimum Gasteiger partial charge on any atom is -0.493 e. The Balaban J connectivity index is 1.98. The molecule has 2 rings (SSSR count). The molecule has 0 aromatic heterocycles. The van der Waals surface area contributed by atoms with Crippen LogP contribution in [0.15, 0.2) is 36.4 Å². The van der Waals surface area contributed by atoms with Crippen molar-refractivity contribution in [3.63, 3.8) is 0 Å². The molecule has 2 N–H and O–H groups in total. The lowest BCUT2D eigenvalue weighted by atomic mass is 10.2. The van der Waals surface area contributed by atoms with Crippen molar-refractivity contribution in [1.82, 2.24) is 5.32 Å². The molecule has 0 aliphatic rings. The fraction of sp³-hybridized carbons (Fsp3) is 0.235. The fourth-order valence-electron chi connectivity index (χ4n) is 2.11. The molecule has 0 spiro atoms. The third kappa shape index (κ3) is 5.44. The summed E-state index contributed by atoms with van der Waals surface area (Å²) >= 11 is 11.3. The lowest BCUT2D eigenvalue weighted by Crippen LogP contribution is -2.28. The molecule has 0 heterocycles. The number of hydrogen-bond donors (Lipinski definition) is 2. The predicted octanol–water partition coefficient (Wildman–Crippen LogP) is 4.75. The highest BCUT2D eigenvalue weighted by Gasteiger charge is 2.11. The molecule has 25 heavy (non-hydrogen) atoms. The monoisotopic (exact) mass is 386 g/mol. The van der Waals surface area contributed by atoms with Gasteiger partial charge < -0.3 is 20.1 Å². The smallest absolute Gasteiger partial charge is 0.387 e. The normalized spacial score (nSPS) is 10.5. The molecule has 2 aromatic rings. The van der Waals surface area contributed by atoms with E-state index in [0.717, 1.165) is 16.8 Å². The molecular formula is C17H17ClF2N2O2S. The Morgan fingerprint density at radius 3 is 2.68 bits per heavy atom. The number of hydrogen-bond acceptors (Lipinski definition) is 3. The van der Waals surface area contributed by atoms with Crippen molar-refractivity contribution < 1.29 is 18.3 Å². The van der Waals surface area contributed by atoms with Crippen LogP contribution in [0.2, 0.25) is 5.02 Å². The summed E-state index contributed by atoms with van der Waals surface area (Å²) in [6.45, 7) is -0.632. The van der Waals surface area contributed by atoms with E-state index in [4.69, 9.17) is 28.6 Å². The van der Waals surface area contributed by atoms with Crippen molar-refractivity contribution in [2.24, 2.45) is 0 Å². The summed E-state index contributed by atoms with van der Waals surface area (Å²) in [7, 11) is 1.39. The minimum absolute atomic E-state index is 0.0171. The van der Waals surface area contributed by atoms with Gasteiger partial charge in [0.05, 0.1) is 7.11 Å². The lowest BCUT2D eigenvalue weighted by molar-refractivity contribution is -0.0512. The summed E-state index contributed by atoms with van der Waals surface area (Å²) in [5.74, 6) is 0.209. The first kappa shape index (κ1) is 19.2. The first-order valence-electron chi connectivity index (χ1n) is 7.32. The van der Waals surface area contributed by atoms with E-state index in [9.17, 15) is 8.78 Å². The van der Waals surface area contributed by atoms with Gasteiger partial charge in [0.2, 0.25) is 0 Å². The Kier molecular flexibility index (Phi) is 6.78. The van der Waals surface area contributed by atoms with Crippen LogP contribution in [0.5, 0.6) is 11.5 Å². The van der Waals surface area contributed by atoms with Gasteiger partial charge >= 0.3 is 6.61 Å². The Labute approximate surface area is 155 Å². The van der Waals surface area contributed by atoms with Crippen LogP contribution >= 0.6 is 23.8 Å². The van der Waals surface area contributed by atoms with Crippen molar-refractivity contribution in [3.8, 4) is 11.5 Å². The van der Waals surface area contributed by atoms with E-state index in [1.807, 2.05) is 19.1 Å². The first-order chi connectivity index (χ1) is 11.9. The summed E-state index contributed by atoms with van der Waals surface area (Å²) in [6.07, 6.45) is 0. The topological polar surface area (TPSA) is 42.5 Å². The molecule has 0 aliphatic carbocycles. The van der Waals surface area contributed by atoms with E-state index in [-0.39, 0.29) is 11.5 Å². The van der Waals surface area contributed by atoms with Gasteiger partial charge in [-0.15, -0.1) is 0 Å². The zero-order chi connectivity index (χ0) is 18.4. The zero-order valence-corrected chi connectivity index (χ0v) is 15.2. The Morgan fingerprint density at radius 2 is 2.00 bits per heavy atom. The molecule has 134 valence electrons. The lowest BCUT2D eigenvalue weighted by Gasteiger charge is -2.14. The first-order valence-corrected chi connectivity index (χ1v) is 8.11. The van der Waals surface area contributed by atoms with E-state index in [0.29, 0.717) is 16.7 Å². The number of anilines is 1. The van der Waals surface area contributed by atoms with Crippen molar-refractivity contribution in [2.45, 2.75) is 20.1 Å². The second-order valence-corrected chi connectivity index (χ2v) is 5.90. The van der Waals surface area contributed by atoms with Gasteiger partial charge in [0.1, 0.15) is 0 Å². The van der Waals surface area contributed by atoms with Crippen LogP contribution in [0.4, 0.5) is 14.5 Å². The summed E-state index contributed by atoms with van der Waals surface area (Å²) in [5, 5.41) is 7.17. The minimum atomic E-state index is -2.91. The average Bonchev–Trinajstić information content (AvgIpc) is 2.57. The van der Waals surface area contributed by atoms with Crippen LogP contribution < -0.4 is 20.1 Å². The zero-order valence-electron chi connectivity index (χ0n) is 13.6. The summed E-state index contributed by atoms with van der Waals surface area (Å²) in [4.78, 5) is 0. The SMILES string of the molecule is COc1cc(CNC(=S)Nc2cccc(Cl)c2C)ccc1OC(F)F. The number of ether oxygens (including phenoxy) is 2. The molecular weight excluding hydrogens is 370 g/mol. The van der Waals surface area contributed by atoms with Gasteiger partial charge in [-0.2, -0.15) is 8.78 Å². The highest BCUT2D eigenvalue weighted by molar-refractivity contribution is 7.80. The molecule has 2 aromatic carbocycles. The van der Waals surface area contributed by atoms with Gasteiger partial charge in [-0.05, 0) is 54.5 Å². The maximum absolute atomic E-state index is 12.3. The van der Waals surface area contributed by atoms with E-state index < -0.39 is 6.61 Å². The van der Waals surface area contributed by atoms with Crippen LogP contribution in [-0.2, 0) is 6.54 Å². The Morgan fingerprint density at radius 1 is 1.24 bits per heavy atom. The maximum atomic E-state index is 12.3. The van der Waals surface area contributed by atoms with Crippen molar-refractivity contribution in [1.29, 1.82) is 0 Å². The van der Waals surface area contributed by atoms with Crippen molar-refractivity contribution >= 4 is 34.6 Å². The number of benzene rings is 2. The molecule has 0 unspecified atom stereocenters. The van der Waals surface area contributed by atoms with Crippen LogP contribution in [0.3, 0.4) is 0 Å². The van der Waals surface area contributed by atoms with E-state index >= 15 is 0 Å². The van der Waals surface area contributed by atoms with Gasteiger partial charge in [-0.3, -0.25) is 0 Å². The van der Waals surface area contributed by atoms with Gasteiger partial charge in [-0.25, -0.2) is 0 Å². The molecule has 0 fully saturated rings. The molecule has 8 heteroatoms. The van der Waals surface area contributed by atoms with Crippen molar-refractivity contribution in [3.05, 3.63) is 52.5 Å². The largest absolute Gasteiger partial charge is 0.493 e. The molecule has 0 amide bonds. The average molecular weight is 387 g/mol. The second-order valence-electron chi connectivity index (χ2n) is 5.08. The molecule has 0 radical (unpaired) electrons. The molecule has 4 nitrogen and oxygen atoms in total. The third-order valence-corrected chi connectivity index (χ3v) is 4.07. The van der Waals surface area contributed by atoms with Crippen LogP contribution in [-0.4, -0.2) is 18.8 Å². The Bertz CT molecular complexity index is 759. The maximum Gasteiger partial charge on any atom is 0.387 e. The van der Waals surface area contributed by atoms with Crippen molar-refractivity contribution in [2.75, 3.05) is 12.4 Å². The van der Waals surface area contributed by atoms with Crippen LogP contribution in [0.25, 0.3) is 0 Å². The summed E-state index contributed by atoms with van der Waals surface area (Å²) < 4.78 is 34.1. The number of methoxy groups -OCH3 is 1. The van der Waals surface area contributed by atoms with Gasteiger partial charge in [-0.1, -0.05) is 23.7 Å². The third-order valence-electron chi connectivity index (χ3n) is 3.41. The summed E-state index contributed by atoms with van der Waals surface area (Å²) in [5.41, 5.74) is 2.50. The number of halogens is 3. The van der Waals surface area contributed by atoms with Crippen LogP contribution in [0.1, 0.15) is 11.1 Å². The fourth-order valence-corrected chi connectivity index (χ4v) is 2.46. The van der Waals surface area contributed by atoms with Gasteiger partial charge in [0, 0.05) is 17.3 Å². The highest BCUT2D eigenvalue weighted by atomic mass is 35.5. The standard InChI is InChI=1S/C17H17ClF2N2O2S/c1-10-12(18)4-3-5-13(10)22-17(25)21-9-11-6-7-14(24-16(19)20)15(8-11)23-2/h3-8,16H,9H2,1-2H3,(H2,21,22,25). The summed E-state index contributed by atoms with van der Waals surface area (Å²) in [6, 6.07) is 10.2. The number of nitrogens with one attached hydrogen (secondary N) is 2. The molecule has 0 bridgehead atoms. The van der Waals surface area contributed by atoms with E-state index in [2.05, 4.69) is 15.4 Å². The highest BCUT2D eigenvalue weighted by Crippen LogP contribution is 2.29. The van der Waals surface area contributed by atoms with Gasteiger partial charge in [0.15, 0.2) is 16.6 Å². The quantitative estimate of drug-likeness (QED) is 0.701. The predicted molar refractivity (Wildman–Crippen MR) is 98.9 cm³/mol. The molecule has 0 saturated heterocycles.